The summed E-state index contributed by atoms with van der Waals surface area (Å²) < 4.78 is 1.46. The smallest absolute Gasteiger partial charge is 0.267 e. The Morgan fingerprint density at radius 2 is 1.92 bits per heavy atom. The summed E-state index contributed by atoms with van der Waals surface area (Å²) in [7, 11) is 1.71. The van der Waals surface area contributed by atoms with Crippen molar-refractivity contribution in [2.24, 2.45) is 5.73 Å². The highest BCUT2D eigenvalue weighted by atomic mass is 35.5. The van der Waals surface area contributed by atoms with Crippen LogP contribution in [0.2, 0.25) is 10.0 Å². The summed E-state index contributed by atoms with van der Waals surface area (Å²) in [5, 5.41) is 10.3. The van der Waals surface area contributed by atoms with Gasteiger partial charge in [0, 0.05) is 12.1 Å². The summed E-state index contributed by atoms with van der Waals surface area (Å²) in [5.41, 5.74) is 6.39. The number of benzene rings is 2. The zero-order valence-corrected chi connectivity index (χ0v) is 15.2. The maximum Gasteiger partial charge on any atom is 0.267 e. The highest BCUT2D eigenvalue weighted by Crippen LogP contribution is 2.26. The van der Waals surface area contributed by atoms with Gasteiger partial charge in [-0.2, -0.15) is 0 Å². The molecule has 4 N–H and O–H groups in total. The van der Waals surface area contributed by atoms with Gasteiger partial charge in [0.05, 0.1) is 28.0 Å². The van der Waals surface area contributed by atoms with Gasteiger partial charge in [-0.3, -0.25) is 10.2 Å². The van der Waals surface area contributed by atoms with Gasteiger partial charge in [0.2, 0.25) is 5.95 Å². The van der Waals surface area contributed by atoms with Gasteiger partial charge in [0.15, 0.2) is 0 Å². The van der Waals surface area contributed by atoms with Crippen LogP contribution in [0.4, 0.5) is 5.95 Å². The quantitative estimate of drug-likeness (QED) is 0.469. The van der Waals surface area contributed by atoms with Crippen LogP contribution in [0, 0.1) is 12.3 Å². The van der Waals surface area contributed by atoms with Gasteiger partial charge < -0.3 is 11.1 Å². The van der Waals surface area contributed by atoms with Gasteiger partial charge in [-0.1, -0.05) is 34.8 Å². The lowest BCUT2D eigenvalue weighted by Crippen LogP contribution is -2.23. The van der Waals surface area contributed by atoms with Gasteiger partial charge in [-0.05, 0) is 37.3 Å². The standard InChI is InChI=1S/C16H13Cl2N3O.CH4N2/c1-9-3-5-13-11(7-9)15(22)21(16(19-2)20-13)14-6-4-10(17)8-12(14)18;2-1-3/h3-8H,1-2H3,(H,19,20);1H,(H3,2,3). The van der Waals surface area contributed by atoms with Crippen LogP contribution in [-0.4, -0.2) is 22.9 Å². The van der Waals surface area contributed by atoms with Crippen LogP contribution >= 0.6 is 23.2 Å². The van der Waals surface area contributed by atoms with Gasteiger partial charge in [-0.15, -0.1) is 0 Å². The summed E-state index contributed by atoms with van der Waals surface area (Å²) >= 11 is 12.2. The van der Waals surface area contributed by atoms with E-state index in [0.717, 1.165) is 11.9 Å². The number of nitrogens with one attached hydrogen (secondary N) is 2. The topological polar surface area (TPSA) is 96.8 Å². The van der Waals surface area contributed by atoms with Gasteiger partial charge >= 0.3 is 0 Å². The van der Waals surface area contributed by atoms with Crippen molar-refractivity contribution in [3.63, 3.8) is 0 Å². The summed E-state index contributed by atoms with van der Waals surface area (Å²) in [6.45, 7) is 1.93. The van der Waals surface area contributed by atoms with Crippen molar-refractivity contribution in [2.45, 2.75) is 6.92 Å². The van der Waals surface area contributed by atoms with Crippen LogP contribution in [0.5, 0.6) is 0 Å². The van der Waals surface area contributed by atoms with E-state index < -0.39 is 0 Å². The molecule has 0 unspecified atom stereocenters. The number of hydrogen-bond acceptors (Lipinski definition) is 4. The molecule has 1 heterocycles. The van der Waals surface area contributed by atoms with Crippen molar-refractivity contribution in [3.8, 4) is 5.69 Å². The molecule has 2 aromatic carbocycles. The van der Waals surface area contributed by atoms with E-state index in [2.05, 4.69) is 16.0 Å². The maximum absolute atomic E-state index is 12.9. The van der Waals surface area contributed by atoms with E-state index in [0.29, 0.717) is 32.6 Å². The number of halogens is 2. The Morgan fingerprint density at radius 3 is 2.52 bits per heavy atom. The van der Waals surface area contributed by atoms with E-state index in [1.807, 2.05) is 25.1 Å². The average Bonchev–Trinajstić information content (AvgIpc) is 2.57. The fraction of sp³-hybridized carbons (Fsp3) is 0.118. The Labute approximate surface area is 154 Å². The molecule has 0 amide bonds. The minimum atomic E-state index is -0.178. The van der Waals surface area contributed by atoms with Crippen molar-refractivity contribution in [2.75, 3.05) is 12.4 Å². The predicted molar refractivity (Wildman–Crippen MR) is 105 cm³/mol. The normalized spacial score (nSPS) is 10.1. The molecule has 0 spiro atoms. The Balaban J connectivity index is 0.000000701. The van der Waals surface area contributed by atoms with Crippen molar-refractivity contribution >= 4 is 46.4 Å². The Morgan fingerprint density at radius 1 is 1.24 bits per heavy atom. The number of fused-ring (bicyclic) bond motifs is 1. The van der Waals surface area contributed by atoms with Crippen LogP contribution in [0.25, 0.3) is 16.6 Å². The molecule has 0 fully saturated rings. The van der Waals surface area contributed by atoms with E-state index in [1.54, 1.807) is 25.2 Å². The van der Waals surface area contributed by atoms with E-state index >= 15 is 0 Å². The lowest BCUT2D eigenvalue weighted by atomic mass is 10.1. The first-order valence-electron chi connectivity index (χ1n) is 7.30. The van der Waals surface area contributed by atoms with Crippen molar-refractivity contribution in [1.82, 2.24) is 9.55 Å². The number of aromatic nitrogens is 2. The third-order valence-corrected chi connectivity index (χ3v) is 3.94. The molecular formula is C17H17Cl2N5O. The number of hydrogen-bond donors (Lipinski definition) is 3. The Bertz CT molecular complexity index is 985. The number of nitrogens with two attached hydrogens (primary N) is 1. The minimum absolute atomic E-state index is 0.178. The number of anilines is 1. The molecule has 0 saturated carbocycles. The largest absolute Gasteiger partial charge is 0.390 e. The molecular weight excluding hydrogens is 361 g/mol. The molecule has 0 radical (unpaired) electrons. The molecule has 3 rings (SSSR count). The highest BCUT2D eigenvalue weighted by molar-refractivity contribution is 6.35. The first-order valence-corrected chi connectivity index (χ1v) is 8.05. The van der Waals surface area contributed by atoms with Crippen LogP contribution in [-0.2, 0) is 0 Å². The second kappa shape index (κ2) is 8.00. The van der Waals surface area contributed by atoms with Crippen molar-refractivity contribution in [1.29, 1.82) is 5.41 Å². The highest BCUT2D eigenvalue weighted by Gasteiger charge is 2.14. The molecule has 0 atom stereocenters. The lowest BCUT2D eigenvalue weighted by molar-refractivity contribution is 0.967. The third kappa shape index (κ3) is 3.92. The fourth-order valence-corrected chi connectivity index (χ4v) is 2.85. The summed E-state index contributed by atoms with van der Waals surface area (Å²) in [4.78, 5) is 17.4. The molecule has 0 bridgehead atoms. The summed E-state index contributed by atoms with van der Waals surface area (Å²) in [6, 6.07) is 10.6. The molecule has 0 aliphatic rings. The Hall–Kier alpha value is -2.57. The summed E-state index contributed by atoms with van der Waals surface area (Å²) in [6.07, 6.45) is 0.750. The Kier molecular flexibility index (Phi) is 6.01. The number of aryl methyl sites for hydroxylation is 1. The molecule has 1 aromatic heterocycles. The molecule has 130 valence electrons. The molecule has 0 aliphatic heterocycles. The van der Waals surface area contributed by atoms with E-state index in [9.17, 15) is 4.79 Å². The van der Waals surface area contributed by atoms with E-state index in [1.165, 1.54) is 4.57 Å². The fourth-order valence-electron chi connectivity index (χ4n) is 2.35. The molecule has 0 aliphatic carbocycles. The third-order valence-electron chi connectivity index (χ3n) is 3.40. The first-order chi connectivity index (χ1) is 11.9. The van der Waals surface area contributed by atoms with Crippen LogP contribution in [0.3, 0.4) is 0 Å². The van der Waals surface area contributed by atoms with Crippen molar-refractivity contribution in [3.05, 3.63) is 62.4 Å². The molecule has 25 heavy (non-hydrogen) atoms. The van der Waals surface area contributed by atoms with Crippen LogP contribution < -0.4 is 16.6 Å². The van der Waals surface area contributed by atoms with Crippen LogP contribution in [0.15, 0.2) is 41.2 Å². The van der Waals surface area contributed by atoms with Crippen LogP contribution in [0.1, 0.15) is 5.56 Å². The maximum atomic E-state index is 12.9. The van der Waals surface area contributed by atoms with Gasteiger partial charge in [-0.25, -0.2) is 9.55 Å². The molecule has 3 aromatic rings. The number of rotatable bonds is 2. The SMILES string of the molecule is CNc1nc2ccc(C)cc2c(=O)n1-c1ccc(Cl)cc1Cl.N=CN. The summed E-state index contributed by atoms with van der Waals surface area (Å²) in [5.74, 6) is 0.422. The molecule has 8 heteroatoms. The zero-order chi connectivity index (χ0) is 18.6. The first kappa shape index (κ1) is 18.8. The predicted octanol–water partition coefficient (Wildman–Crippen LogP) is 3.59. The number of nitrogens with zero attached hydrogens (tertiary/aromatic N) is 2. The second-order valence-electron chi connectivity index (χ2n) is 5.11. The molecule has 0 saturated heterocycles. The zero-order valence-electron chi connectivity index (χ0n) is 13.7. The lowest BCUT2D eigenvalue weighted by Gasteiger charge is -2.14. The van der Waals surface area contributed by atoms with Gasteiger partial charge in [0.1, 0.15) is 0 Å². The van der Waals surface area contributed by atoms with E-state index in [-0.39, 0.29) is 5.56 Å². The molecule has 6 nitrogen and oxygen atoms in total. The van der Waals surface area contributed by atoms with Crippen molar-refractivity contribution < 1.29 is 0 Å². The van der Waals surface area contributed by atoms with E-state index in [4.69, 9.17) is 28.6 Å². The average molecular weight is 378 g/mol. The minimum Gasteiger partial charge on any atom is -0.390 e. The monoisotopic (exact) mass is 377 g/mol. The second-order valence-corrected chi connectivity index (χ2v) is 5.95. The van der Waals surface area contributed by atoms with Gasteiger partial charge in [0.25, 0.3) is 5.56 Å².